The van der Waals surface area contributed by atoms with E-state index in [0.717, 1.165) is 12.1 Å². The first-order valence-corrected chi connectivity index (χ1v) is 5.67. The summed E-state index contributed by atoms with van der Waals surface area (Å²) in [6.07, 6.45) is 0.488. The second-order valence-electron chi connectivity index (χ2n) is 3.98. The van der Waals surface area contributed by atoms with Gasteiger partial charge in [-0.2, -0.15) is 9.37 Å². The highest BCUT2D eigenvalue weighted by Crippen LogP contribution is 2.30. The van der Waals surface area contributed by atoms with E-state index in [-0.39, 0.29) is 5.89 Å². The summed E-state index contributed by atoms with van der Waals surface area (Å²) in [5, 5.41) is 14.0. The lowest BCUT2D eigenvalue weighted by molar-refractivity contribution is -0.387. The molecule has 1 aromatic carbocycles. The molecule has 2 N–H and O–H groups in total. The molecular weight excluding hydrogens is 274 g/mol. The maximum Gasteiger partial charge on any atom is 0.305 e. The molecule has 0 aliphatic rings. The number of benzene rings is 1. The van der Waals surface area contributed by atoms with Gasteiger partial charge in [0.15, 0.2) is 0 Å². The summed E-state index contributed by atoms with van der Waals surface area (Å²) in [5.41, 5.74) is 4.07. The van der Waals surface area contributed by atoms with Crippen LogP contribution in [0.5, 0.6) is 0 Å². The third-order valence-electron chi connectivity index (χ3n) is 2.69. The highest BCUT2D eigenvalue weighted by atomic mass is 19.1. The maximum absolute atomic E-state index is 13.9. The predicted molar refractivity (Wildman–Crippen MR) is 63.5 cm³/mol. The van der Waals surface area contributed by atoms with Crippen molar-refractivity contribution in [2.45, 2.75) is 19.4 Å². The summed E-state index contributed by atoms with van der Waals surface area (Å²) in [7, 11) is 0. The van der Waals surface area contributed by atoms with Crippen LogP contribution in [-0.4, -0.2) is 15.1 Å². The zero-order valence-corrected chi connectivity index (χ0v) is 10.3. The van der Waals surface area contributed by atoms with Gasteiger partial charge in [-0.1, -0.05) is 12.1 Å². The van der Waals surface area contributed by atoms with Gasteiger partial charge in [-0.15, -0.1) is 0 Å². The van der Waals surface area contributed by atoms with E-state index in [0.29, 0.717) is 6.42 Å². The first-order chi connectivity index (χ1) is 9.45. The molecule has 2 rings (SSSR count). The van der Waals surface area contributed by atoms with E-state index in [4.69, 9.17) is 10.3 Å². The number of nitro benzene ring substituents is 1. The van der Waals surface area contributed by atoms with E-state index in [9.17, 15) is 18.9 Å². The lowest BCUT2D eigenvalue weighted by Crippen LogP contribution is -2.08. The molecule has 9 heteroatoms. The Balaban J connectivity index is 2.55. The number of nitrogens with two attached hydrogens (primary N) is 1. The van der Waals surface area contributed by atoms with Crippen LogP contribution in [0.2, 0.25) is 0 Å². The van der Waals surface area contributed by atoms with Crippen LogP contribution in [0.15, 0.2) is 16.7 Å². The van der Waals surface area contributed by atoms with Crippen LogP contribution in [-0.2, 0) is 0 Å². The summed E-state index contributed by atoms with van der Waals surface area (Å²) >= 11 is 0. The van der Waals surface area contributed by atoms with Gasteiger partial charge in [0, 0.05) is 6.07 Å². The second kappa shape index (κ2) is 5.29. The van der Waals surface area contributed by atoms with Gasteiger partial charge in [0.05, 0.1) is 11.0 Å². The molecule has 0 spiro atoms. The van der Waals surface area contributed by atoms with Crippen LogP contribution in [0.3, 0.4) is 0 Å². The number of hydrogen-bond donors (Lipinski definition) is 1. The van der Waals surface area contributed by atoms with Crippen molar-refractivity contribution in [3.05, 3.63) is 39.8 Å². The zero-order valence-electron chi connectivity index (χ0n) is 10.3. The van der Waals surface area contributed by atoms with Gasteiger partial charge < -0.3 is 10.3 Å². The molecule has 7 nitrogen and oxygen atoms in total. The standard InChI is InChI=1S/C11H10F2N4O3/c1-2-6(14)11-15-10(16-20-11)8-5(12)3-4-7(9(8)13)17(18)19/h3-4,6H,2,14H2,1H3/t6-/m0/s1. The largest absolute Gasteiger partial charge is 0.337 e. The fourth-order valence-electron chi connectivity index (χ4n) is 1.55. The van der Waals surface area contributed by atoms with Crippen LogP contribution in [0.4, 0.5) is 14.5 Å². The Hall–Kier alpha value is -2.42. The molecule has 0 saturated heterocycles. The molecule has 20 heavy (non-hydrogen) atoms. The van der Waals surface area contributed by atoms with Crippen molar-refractivity contribution >= 4 is 5.69 Å². The van der Waals surface area contributed by atoms with Crippen molar-refractivity contribution in [1.82, 2.24) is 10.1 Å². The first-order valence-electron chi connectivity index (χ1n) is 5.67. The quantitative estimate of drug-likeness (QED) is 0.681. The minimum Gasteiger partial charge on any atom is -0.337 e. The number of rotatable bonds is 4. The summed E-state index contributed by atoms with van der Waals surface area (Å²) in [4.78, 5) is 13.4. The molecule has 1 aromatic heterocycles. The Labute approximate surface area is 111 Å². The highest BCUT2D eigenvalue weighted by Gasteiger charge is 2.26. The van der Waals surface area contributed by atoms with Gasteiger partial charge in [0.25, 0.3) is 0 Å². The van der Waals surface area contributed by atoms with Crippen molar-refractivity contribution in [2.75, 3.05) is 0 Å². The fourth-order valence-corrected chi connectivity index (χ4v) is 1.55. The summed E-state index contributed by atoms with van der Waals surface area (Å²) in [5.74, 6) is -2.78. The predicted octanol–water partition coefficient (Wildman–Crippen LogP) is 2.33. The monoisotopic (exact) mass is 284 g/mol. The molecule has 0 aliphatic heterocycles. The van der Waals surface area contributed by atoms with Crippen LogP contribution < -0.4 is 5.73 Å². The van der Waals surface area contributed by atoms with Crippen LogP contribution in [0.25, 0.3) is 11.4 Å². The van der Waals surface area contributed by atoms with E-state index in [1.54, 1.807) is 6.92 Å². The average molecular weight is 284 g/mol. The van der Waals surface area contributed by atoms with E-state index < -0.39 is 39.7 Å². The van der Waals surface area contributed by atoms with E-state index in [2.05, 4.69) is 10.1 Å². The zero-order chi connectivity index (χ0) is 14.9. The molecule has 0 radical (unpaired) electrons. The molecule has 2 aromatic rings. The molecule has 0 unspecified atom stereocenters. The Kier molecular flexibility index (Phi) is 3.70. The van der Waals surface area contributed by atoms with Gasteiger partial charge in [0.1, 0.15) is 11.4 Å². The number of hydrogen-bond acceptors (Lipinski definition) is 6. The normalized spacial score (nSPS) is 12.4. The lowest BCUT2D eigenvalue weighted by atomic mass is 10.1. The molecule has 1 atom stereocenters. The Morgan fingerprint density at radius 3 is 2.80 bits per heavy atom. The van der Waals surface area contributed by atoms with Crippen LogP contribution in [0, 0.1) is 21.7 Å². The summed E-state index contributed by atoms with van der Waals surface area (Å²) in [6, 6.07) is 0.931. The molecule has 0 fully saturated rings. The third kappa shape index (κ3) is 2.35. The fraction of sp³-hybridized carbons (Fsp3) is 0.273. The molecule has 1 heterocycles. The smallest absolute Gasteiger partial charge is 0.305 e. The van der Waals surface area contributed by atoms with Gasteiger partial charge in [-0.25, -0.2) is 4.39 Å². The number of nitro groups is 1. The van der Waals surface area contributed by atoms with Crippen molar-refractivity contribution in [1.29, 1.82) is 0 Å². The Bertz CT molecular complexity index is 659. The minimum atomic E-state index is -1.35. The molecule has 0 amide bonds. The third-order valence-corrected chi connectivity index (χ3v) is 2.69. The van der Waals surface area contributed by atoms with Crippen molar-refractivity contribution in [3.8, 4) is 11.4 Å². The molecule has 0 bridgehead atoms. The van der Waals surface area contributed by atoms with E-state index in [1.165, 1.54) is 0 Å². The maximum atomic E-state index is 13.9. The molecule has 106 valence electrons. The Morgan fingerprint density at radius 2 is 2.20 bits per heavy atom. The topological polar surface area (TPSA) is 108 Å². The highest BCUT2D eigenvalue weighted by molar-refractivity contribution is 5.61. The number of aromatic nitrogens is 2. The van der Waals surface area contributed by atoms with Crippen molar-refractivity contribution in [2.24, 2.45) is 5.73 Å². The van der Waals surface area contributed by atoms with E-state index >= 15 is 0 Å². The summed E-state index contributed by atoms with van der Waals surface area (Å²) in [6.45, 7) is 1.77. The molecule has 0 saturated carbocycles. The number of halogens is 2. The van der Waals surface area contributed by atoms with Gasteiger partial charge in [-0.05, 0) is 12.5 Å². The van der Waals surface area contributed by atoms with Crippen molar-refractivity contribution < 1.29 is 18.2 Å². The number of nitrogens with zero attached hydrogens (tertiary/aromatic N) is 3. The summed E-state index contributed by atoms with van der Waals surface area (Å²) < 4.78 is 32.4. The molecular formula is C11H10F2N4O3. The van der Waals surface area contributed by atoms with Crippen LogP contribution in [0.1, 0.15) is 25.3 Å². The van der Waals surface area contributed by atoms with Crippen LogP contribution >= 0.6 is 0 Å². The lowest BCUT2D eigenvalue weighted by Gasteiger charge is -2.01. The Morgan fingerprint density at radius 1 is 1.50 bits per heavy atom. The average Bonchev–Trinajstić information content (AvgIpc) is 2.87. The molecule has 0 aliphatic carbocycles. The first kappa shape index (κ1) is 14.0. The van der Waals surface area contributed by atoms with E-state index in [1.807, 2.05) is 0 Å². The SMILES string of the molecule is CC[C@H](N)c1nc(-c2c(F)ccc([N+](=O)[O-])c2F)no1. The second-order valence-corrected chi connectivity index (χ2v) is 3.98. The van der Waals surface area contributed by atoms with Gasteiger partial charge >= 0.3 is 5.69 Å². The van der Waals surface area contributed by atoms with Gasteiger partial charge in [-0.3, -0.25) is 10.1 Å². The van der Waals surface area contributed by atoms with Crippen molar-refractivity contribution in [3.63, 3.8) is 0 Å². The van der Waals surface area contributed by atoms with Gasteiger partial charge in [0.2, 0.25) is 17.5 Å². The minimum absolute atomic E-state index is 0.00723.